The molecule has 5 heteroatoms. The van der Waals surface area contributed by atoms with E-state index in [0.29, 0.717) is 42.8 Å². The molecule has 0 aliphatic heterocycles. The molecule has 0 radical (unpaired) electrons. The van der Waals surface area contributed by atoms with Gasteiger partial charge in [-0.15, -0.1) is 0 Å². The number of halogens is 2. The summed E-state index contributed by atoms with van der Waals surface area (Å²) in [5.41, 5.74) is 3.09. The van der Waals surface area contributed by atoms with Crippen molar-refractivity contribution in [3.05, 3.63) is 93.5 Å². The molecule has 0 fully saturated rings. The fraction of sp³-hybridized carbons (Fsp3) is 0.217. The third-order valence-corrected chi connectivity index (χ3v) is 4.96. The van der Waals surface area contributed by atoms with Crippen molar-refractivity contribution in [3.63, 3.8) is 0 Å². The minimum Gasteiger partial charge on any atom is -0.490 e. The summed E-state index contributed by atoms with van der Waals surface area (Å²) >= 11 is 12.7. The van der Waals surface area contributed by atoms with E-state index in [4.69, 9.17) is 32.7 Å². The van der Waals surface area contributed by atoms with Crippen molar-refractivity contribution in [1.82, 2.24) is 5.32 Å². The van der Waals surface area contributed by atoms with Gasteiger partial charge in [0.05, 0.1) is 6.61 Å². The van der Waals surface area contributed by atoms with Crippen LogP contribution in [0.3, 0.4) is 0 Å². The highest BCUT2D eigenvalue weighted by Crippen LogP contribution is 2.34. The minimum absolute atomic E-state index is 0.460. The Morgan fingerprint density at radius 2 is 1.43 bits per heavy atom. The number of ether oxygens (including phenoxy) is 2. The monoisotopic (exact) mass is 415 g/mol. The van der Waals surface area contributed by atoms with Crippen LogP contribution >= 0.6 is 23.2 Å². The molecule has 3 rings (SSSR count). The van der Waals surface area contributed by atoms with E-state index >= 15 is 0 Å². The van der Waals surface area contributed by atoms with Crippen molar-refractivity contribution in [2.24, 2.45) is 0 Å². The molecule has 0 aromatic heterocycles. The predicted octanol–water partition coefficient (Wildman–Crippen LogP) is 6.26. The Bertz CT molecular complexity index is 900. The van der Waals surface area contributed by atoms with E-state index in [0.717, 1.165) is 21.7 Å². The normalized spacial score (nSPS) is 10.7. The molecule has 0 spiro atoms. The molecule has 28 heavy (non-hydrogen) atoms. The van der Waals surface area contributed by atoms with Crippen LogP contribution in [0.5, 0.6) is 11.5 Å². The van der Waals surface area contributed by atoms with Gasteiger partial charge in [0.1, 0.15) is 6.61 Å². The highest BCUT2D eigenvalue weighted by molar-refractivity contribution is 6.31. The molecule has 146 valence electrons. The van der Waals surface area contributed by atoms with Crippen molar-refractivity contribution in [2.75, 3.05) is 6.61 Å². The topological polar surface area (TPSA) is 30.5 Å². The Hall–Kier alpha value is -2.20. The molecular weight excluding hydrogens is 393 g/mol. The molecule has 0 bridgehead atoms. The minimum atomic E-state index is 0.460. The molecule has 3 nitrogen and oxygen atoms in total. The summed E-state index contributed by atoms with van der Waals surface area (Å²) in [7, 11) is 0. The van der Waals surface area contributed by atoms with E-state index in [9.17, 15) is 0 Å². The van der Waals surface area contributed by atoms with Gasteiger partial charge in [0, 0.05) is 29.2 Å². The third-order valence-electron chi connectivity index (χ3n) is 4.24. The van der Waals surface area contributed by atoms with Gasteiger partial charge in [-0.2, -0.15) is 0 Å². The second-order valence-corrected chi connectivity index (χ2v) is 7.11. The summed E-state index contributed by atoms with van der Waals surface area (Å²) in [5, 5.41) is 4.77. The molecule has 0 heterocycles. The van der Waals surface area contributed by atoms with E-state index in [2.05, 4.69) is 5.32 Å². The van der Waals surface area contributed by atoms with Crippen molar-refractivity contribution in [1.29, 1.82) is 0 Å². The molecular formula is C23H23Cl2NO2. The lowest BCUT2D eigenvalue weighted by atomic mass is 10.1. The predicted molar refractivity (Wildman–Crippen MR) is 115 cm³/mol. The fourth-order valence-electron chi connectivity index (χ4n) is 2.80. The first-order chi connectivity index (χ1) is 13.7. The highest BCUT2D eigenvalue weighted by Gasteiger charge is 2.12. The van der Waals surface area contributed by atoms with E-state index in [1.54, 1.807) is 0 Å². The lowest BCUT2D eigenvalue weighted by Crippen LogP contribution is -2.13. The Balaban J connectivity index is 1.68. The zero-order chi connectivity index (χ0) is 19.8. The molecule has 0 amide bonds. The lowest BCUT2D eigenvalue weighted by Gasteiger charge is -2.15. The maximum absolute atomic E-state index is 6.49. The van der Waals surface area contributed by atoms with Crippen LogP contribution < -0.4 is 14.8 Å². The van der Waals surface area contributed by atoms with Gasteiger partial charge in [-0.1, -0.05) is 71.7 Å². The van der Waals surface area contributed by atoms with Gasteiger partial charge in [-0.05, 0) is 35.7 Å². The first-order valence-corrected chi connectivity index (χ1v) is 9.99. The maximum Gasteiger partial charge on any atom is 0.163 e. The van der Waals surface area contributed by atoms with Crippen LogP contribution in [-0.2, 0) is 19.7 Å². The van der Waals surface area contributed by atoms with Gasteiger partial charge in [-0.3, -0.25) is 0 Å². The second-order valence-electron chi connectivity index (χ2n) is 6.29. The zero-order valence-corrected chi connectivity index (χ0v) is 17.3. The molecule has 0 saturated carbocycles. The van der Waals surface area contributed by atoms with E-state index < -0.39 is 0 Å². The molecule has 0 unspecified atom stereocenters. The first-order valence-electron chi connectivity index (χ1n) is 9.23. The summed E-state index contributed by atoms with van der Waals surface area (Å²) in [5.74, 6) is 1.34. The summed E-state index contributed by atoms with van der Waals surface area (Å²) in [6, 6.07) is 21.5. The van der Waals surface area contributed by atoms with Crippen LogP contribution in [0.1, 0.15) is 23.6 Å². The van der Waals surface area contributed by atoms with Gasteiger partial charge >= 0.3 is 0 Å². The van der Waals surface area contributed by atoms with E-state index in [1.807, 2.05) is 73.7 Å². The van der Waals surface area contributed by atoms with Gasteiger partial charge in [0.15, 0.2) is 11.5 Å². The van der Waals surface area contributed by atoms with Crippen molar-refractivity contribution >= 4 is 23.2 Å². The number of hydrogen-bond donors (Lipinski definition) is 1. The average molecular weight is 416 g/mol. The Morgan fingerprint density at radius 3 is 2.18 bits per heavy atom. The van der Waals surface area contributed by atoms with Crippen LogP contribution in [0.4, 0.5) is 0 Å². The quantitative estimate of drug-likeness (QED) is 0.447. The molecule has 1 N–H and O–H groups in total. The van der Waals surface area contributed by atoms with E-state index in [-0.39, 0.29) is 0 Å². The SMILES string of the molecule is CCOc1cc(CNCc2ccccc2Cl)c(Cl)cc1OCc1ccccc1. The number of nitrogens with one attached hydrogen (secondary N) is 1. The van der Waals surface area contributed by atoms with Crippen LogP contribution in [0.2, 0.25) is 10.0 Å². The van der Waals surface area contributed by atoms with E-state index in [1.165, 1.54) is 0 Å². The number of benzene rings is 3. The molecule has 0 saturated heterocycles. The summed E-state index contributed by atoms with van der Waals surface area (Å²) in [4.78, 5) is 0. The molecule has 0 aliphatic carbocycles. The molecule has 3 aromatic carbocycles. The first kappa shape index (κ1) is 20.5. The van der Waals surface area contributed by atoms with Gasteiger partial charge in [0.25, 0.3) is 0 Å². The Kier molecular flexibility index (Phi) is 7.61. The van der Waals surface area contributed by atoms with Crippen LogP contribution in [-0.4, -0.2) is 6.61 Å². The zero-order valence-electron chi connectivity index (χ0n) is 15.8. The van der Waals surface area contributed by atoms with Crippen molar-refractivity contribution in [3.8, 4) is 11.5 Å². The molecule has 0 aliphatic rings. The third kappa shape index (κ3) is 5.65. The second kappa shape index (κ2) is 10.4. The van der Waals surface area contributed by atoms with Crippen LogP contribution in [0, 0.1) is 0 Å². The smallest absolute Gasteiger partial charge is 0.163 e. The summed E-state index contributed by atoms with van der Waals surface area (Å²) in [6.45, 7) is 4.22. The highest BCUT2D eigenvalue weighted by atomic mass is 35.5. The van der Waals surface area contributed by atoms with Crippen LogP contribution in [0.25, 0.3) is 0 Å². The number of rotatable bonds is 9. The summed E-state index contributed by atoms with van der Waals surface area (Å²) < 4.78 is 11.7. The molecule has 3 aromatic rings. The maximum atomic E-state index is 6.49. The fourth-order valence-corrected chi connectivity index (χ4v) is 3.23. The van der Waals surface area contributed by atoms with Crippen LogP contribution in [0.15, 0.2) is 66.7 Å². The Morgan fingerprint density at radius 1 is 0.750 bits per heavy atom. The average Bonchev–Trinajstić information content (AvgIpc) is 2.71. The van der Waals surface area contributed by atoms with Gasteiger partial charge in [-0.25, -0.2) is 0 Å². The largest absolute Gasteiger partial charge is 0.490 e. The van der Waals surface area contributed by atoms with Crippen molar-refractivity contribution in [2.45, 2.75) is 26.6 Å². The van der Waals surface area contributed by atoms with Gasteiger partial charge < -0.3 is 14.8 Å². The van der Waals surface area contributed by atoms with Crippen molar-refractivity contribution < 1.29 is 9.47 Å². The number of hydrogen-bond acceptors (Lipinski definition) is 3. The lowest BCUT2D eigenvalue weighted by molar-refractivity contribution is 0.269. The Labute approximate surface area is 176 Å². The summed E-state index contributed by atoms with van der Waals surface area (Å²) in [6.07, 6.45) is 0. The van der Waals surface area contributed by atoms with Gasteiger partial charge in [0.2, 0.25) is 0 Å². The molecule has 0 atom stereocenters. The standard InChI is InChI=1S/C23H23Cl2NO2/c1-2-27-22-12-19(15-26-14-18-10-6-7-11-20(18)24)21(25)13-23(22)28-16-17-8-4-3-5-9-17/h3-13,26H,2,14-16H2,1H3.